The number of halogens is 3. The molecule has 2 aromatic carbocycles. The second kappa shape index (κ2) is 10.8. The van der Waals surface area contributed by atoms with Crippen LogP contribution in [0.1, 0.15) is 40.2 Å². The number of nitrogens with two attached hydrogens (primary N) is 1. The topological polar surface area (TPSA) is 145 Å². The zero-order valence-electron chi connectivity index (χ0n) is 21.1. The van der Waals surface area contributed by atoms with E-state index in [1.165, 1.54) is 42.5 Å². The summed E-state index contributed by atoms with van der Waals surface area (Å²) in [5.74, 6) is -5.37. The SMILES string of the molecule is Cc1cc(Nc2n[nH]c(-c3ccc(CS(=O)(=O)C(F)F)c(O[C@@H](C)c4ccc(F)cc4)c3)c2C(N)=O)nn1C. The van der Waals surface area contributed by atoms with Gasteiger partial charge in [0.2, 0.25) is 9.84 Å². The van der Waals surface area contributed by atoms with Gasteiger partial charge in [-0.2, -0.15) is 19.0 Å². The Bertz CT molecular complexity index is 1600. The Balaban J connectivity index is 1.76. The fraction of sp³-hybridized carbons (Fsp3) is 0.240. The Kier molecular flexibility index (Phi) is 7.67. The first-order valence-electron chi connectivity index (χ1n) is 11.6. The molecule has 2 aromatic heterocycles. The summed E-state index contributed by atoms with van der Waals surface area (Å²) in [5, 5.41) is 14.1. The van der Waals surface area contributed by atoms with Gasteiger partial charge >= 0.3 is 5.76 Å². The molecular formula is C25H25F3N6O4S. The van der Waals surface area contributed by atoms with Crippen LogP contribution in [0.4, 0.5) is 24.8 Å². The Morgan fingerprint density at radius 1 is 1.18 bits per heavy atom. The molecule has 0 aliphatic rings. The van der Waals surface area contributed by atoms with Crippen molar-refractivity contribution in [2.24, 2.45) is 12.8 Å². The molecule has 1 atom stereocenters. The maximum Gasteiger partial charge on any atom is 0.337 e. The number of aryl methyl sites for hydroxylation is 2. The fourth-order valence-corrected chi connectivity index (χ4v) is 4.63. The number of nitrogens with zero attached hydrogens (tertiary/aromatic N) is 3. The highest BCUT2D eigenvalue weighted by Gasteiger charge is 2.28. The van der Waals surface area contributed by atoms with E-state index >= 15 is 0 Å². The predicted octanol–water partition coefficient (Wildman–Crippen LogP) is 4.38. The van der Waals surface area contributed by atoms with Gasteiger partial charge in [0.15, 0.2) is 11.6 Å². The second-order valence-corrected chi connectivity index (χ2v) is 10.8. The predicted molar refractivity (Wildman–Crippen MR) is 138 cm³/mol. The third-order valence-electron chi connectivity index (χ3n) is 6.00. The van der Waals surface area contributed by atoms with E-state index in [1.807, 2.05) is 6.92 Å². The Morgan fingerprint density at radius 3 is 2.46 bits per heavy atom. The molecule has 0 fully saturated rings. The highest BCUT2D eigenvalue weighted by atomic mass is 32.2. The van der Waals surface area contributed by atoms with E-state index in [1.54, 1.807) is 24.7 Å². The molecule has 0 spiro atoms. The maximum absolute atomic E-state index is 13.4. The number of hydrogen-bond acceptors (Lipinski definition) is 7. The van der Waals surface area contributed by atoms with Crippen molar-refractivity contribution in [3.05, 3.63) is 76.7 Å². The van der Waals surface area contributed by atoms with Crippen molar-refractivity contribution in [1.82, 2.24) is 20.0 Å². The molecule has 0 saturated carbocycles. The van der Waals surface area contributed by atoms with Crippen LogP contribution >= 0.6 is 0 Å². The lowest BCUT2D eigenvalue weighted by molar-refractivity contribution is 0.100. The second-order valence-electron chi connectivity index (χ2n) is 8.81. The van der Waals surface area contributed by atoms with Crippen LogP contribution in [0.2, 0.25) is 0 Å². The Morgan fingerprint density at radius 2 is 1.87 bits per heavy atom. The summed E-state index contributed by atoms with van der Waals surface area (Å²) in [6.07, 6.45) is -0.712. The summed E-state index contributed by atoms with van der Waals surface area (Å²) in [6, 6.07) is 11.3. The van der Waals surface area contributed by atoms with E-state index in [0.717, 1.165) is 5.69 Å². The smallest absolute Gasteiger partial charge is 0.337 e. The van der Waals surface area contributed by atoms with Gasteiger partial charge in [-0.15, -0.1) is 0 Å². The number of aromatic nitrogens is 4. The van der Waals surface area contributed by atoms with Crippen LogP contribution in [0, 0.1) is 12.7 Å². The normalized spacial score (nSPS) is 12.5. The van der Waals surface area contributed by atoms with Crippen LogP contribution < -0.4 is 15.8 Å². The molecule has 0 bridgehead atoms. The quantitative estimate of drug-likeness (QED) is 0.260. The molecule has 0 saturated heterocycles. The molecule has 0 radical (unpaired) electrons. The molecule has 4 N–H and O–H groups in total. The van der Waals surface area contributed by atoms with Crippen LogP contribution in [0.5, 0.6) is 5.75 Å². The van der Waals surface area contributed by atoms with Gasteiger partial charge < -0.3 is 15.8 Å². The first-order chi connectivity index (χ1) is 18.4. The molecule has 4 aromatic rings. The van der Waals surface area contributed by atoms with Crippen molar-refractivity contribution < 1.29 is 31.1 Å². The number of rotatable bonds is 10. The number of anilines is 2. The molecule has 10 nitrogen and oxygen atoms in total. The summed E-state index contributed by atoms with van der Waals surface area (Å²) in [4.78, 5) is 12.4. The number of carbonyl (C=O) groups is 1. The van der Waals surface area contributed by atoms with E-state index in [0.29, 0.717) is 16.9 Å². The zero-order valence-corrected chi connectivity index (χ0v) is 21.9. The minimum Gasteiger partial charge on any atom is -0.486 e. The van der Waals surface area contributed by atoms with Crippen molar-refractivity contribution in [2.75, 3.05) is 5.32 Å². The first kappa shape index (κ1) is 27.7. The number of carbonyl (C=O) groups excluding carboxylic acids is 1. The lowest BCUT2D eigenvalue weighted by atomic mass is 10.0. The molecule has 14 heteroatoms. The van der Waals surface area contributed by atoms with Gasteiger partial charge in [0.25, 0.3) is 5.91 Å². The van der Waals surface area contributed by atoms with Gasteiger partial charge in [-0.1, -0.05) is 24.3 Å². The van der Waals surface area contributed by atoms with Crippen LogP contribution in [0.25, 0.3) is 11.3 Å². The summed E-state index contributed by atoms with van der Waals surface area (Å²) < 4.78 is 71.3. The number of primary amides is 1. The average Bonchev–Trinajstić information content (AvgIpc) is 3.42. The molecule has 4 rings (SSSR count). The minimum absolute atomic E-state index is 0.0104. The van der Waals surface area contributed by atoms with E-state index in [-0.39, 0.29) is 28.4 Å². The lowest BCUT2D eigenvalue weighted by Crippen LogP contribution is -2.15. The zero-order chi connectivity index (χ0) is 28.5. The lowest BCUT2D eigenvalue weighted by Gasteiger charge is -2.19. The number of aromatic amines is 1. The number of hydrogen-bond donors (Lipinski definition) is 3. The number of ether oxygens (including phenoxy) is 1. The third-order valence-corrected chi connectivity index (χ3v) is 7.26. The Hall–Kier alpha value is -4.33. The van der Waals surface area contributed by atoms with Crippen molar-refractivity contribution in [1.29, 1.82) is 0 Å². The van der Waals surface area contributed by atoms with Gasteiger partial charge in [0, 0.05) is 29.9 Å². The van der Waals surface area contributed by atoms with Crippen LogP contribution in [0.3, 0.4) is 0 Å². The van der Waals surface area contributed by atoms with Crippen LogP contribution in [-0.2, 0) is 22.6 Å². The molecule has 39 heavy (non-hydrogen) atoms. The standard InChI is InChI=1S/C25H25F3N6O4S/c1-13-10-20(33-34(13)3)30-24-21(23(29)35)22(31-32-24)16-4-5-17(12-39(36,37)25(27)28)19(11-16)38-14(2)15-6-8-18(26)9-7-15/h4-11,14,25H,12H2,1-3H3,(H2,29,35)(H2,30,31,32,33)/t14-/m0/s1. The molecule has 1 amide bonds. The highest BCUT2D eigenvalue weighted by molar-refractivity contribution is 7.90. The fourth-order valence-electron chi connectivity index (χ4n) is 3.84. The number of sulfone groups is 1. The largest absolute Gasteiger partial charge is 0.486 e. The van der Waals surface area contributed by atoms with Gasteiger partial charge in [0.1, 0.15) is 23.2 Å². The Labute approximate surface area is 221 Å². The van der Waals surface area contributed by atoms with E-state index in [9.17, 15) is 26.4 Å². The highest BCUT2D eigenvalue weighted by Crippen LogP contribution is 2.35. The average molecular weight is 563 g/mol. The number of amides is 1. The molecule has 0 aliphatic heterocycles. The number of H-pyrrole nitrogens is 1. The summed E-state index contributed by atoms with van der Waals surface area (Å²) in [6.45, 7) is 3.47. The maximum atomic E-state index is 13.4. The van der Waals surface area contributed by atoms with Crippen molar-refractivity contribution in [2.45, 2.75) is 31.5 Å². The van der Waals surface area contributed by atoms with Gasteiger partial charge in [-0.05, 0) is 37.6 Å². The minimum atomic E-state index is -4.79. The number of benzene rings is 2. The van der Waals surface area contributed by atoms with E-state index < -0.39 is 39.2 Å². The van der Waals surface area contributed by atoms with Crippen molar-refractivity contribution in [3.63, 3.8) is 0 Å². The first-order valence-corrected chi connectivity index (χ1v) is 13.3. The number of nitrogens with one attached hydrogen (secondary N) is 2. The molecular weight excluding hydrogens is 537 g/mol. The van der Waals surface area contributed by atoms with Crippen molar-refractivity contribution in [3.8, 4) is 17.0 Å². The molecule has 0 unspecified atom stereocenters. The monoisotopic (exact) mass is 562 g/mol. The van der Waals surface area contributed by atoms with E-state index in [4.69, 9.17) is 10.5 Å². The number of alkyl halides is 2. The summed E-state index contributed by atoms with van der Waals surface area (Å²) in [5.41, 5.74) is 7.51. The third kappa shape index (κ3) is 6.06. The van der Waals surface area contributed by atoms with E-state index in [2.05, 4.69) is 20.6 Å². The van der Waals surface area contributed by atoms with Crippen molar-refractivity contribution >= 4 is 27.4 Å². The molecule has 2 heterocycles. The van der Waals surface area contributed by atoms with Crippen LogP contribution in [0.15, 0.2) is 48.5 Å². The van der Waals surface area contributed by atoms with Gasteiger partial charge in [-0.25, -0.2) is 12.8 Å². The van der Waals surface area contributed by atoms with Gasteiger partial charge in [0.05, 0.1) is 11.4 Å². The molecule has 0 aliphatic carbocycles. The van der Waals surface area contributed by atoms with Gasteiger partial charge in [-0.3, -0.25) is 14.6 Å². The summed E-state index contributed by atoms with van der Waals surface area (Å²) in [7, 11) is -3.04. The summed E-state index contributed by atoms with van der Waals surface area (Å²) >= 11 is 0. The van der Waals surface area contributed by atoms with Crippen LogP contribution in [-0.4, -0.2) is 40.1 Å². The molecule has 206 valence electrons.